The van der Waals surface area contributed by atoms with Gasteiger partial charge in [-0.1, -0.05) is 78.8 Å². The molecule has 1 aromatic carbocycles. The second-order valence-electron chi connectivity index (χ2n) is 30.6. The van der Waals surface area contributed by atoms with Crippen LogP contribution in [-0.4, -0.2) is 228 Å². The third-order valence-electron chi connectivity index (χ3n) is 17.7. The van der Waals surface area contributed by atoms with Crippen molar-refractivity contribution in [1.29, 1.82) is 0 Å². The average molecular weight is 1440 g/mol. The van der Waals surface area contributed by atoms with Gasteiger partial charge in [0.1, 0.15) is 69.5 Å². The number of carbonyl (C=O) groups is 15. The molecular formula is C69H113N15O18. The summed E-state index contributed by atoms with van der Waals surface area (Å²) in [6, 6.07) is 0.425. The number of aliphatic hydroxyl groups is 3. The maximum Gasteiger partial charge on any atom is 0.248 e. The molecule has 0 unspecified atom stereocenters. The fourth-order valence-corrected chi connectivity index (χ4v) is 11.3. The van der Waals surface area contributed by atoms with Crippen LogP contribution in [0.3, 0.4) is 0 Å². The first kappa shape index (κ1) is 87.4. The van der Waals surface area contributed by atoms with Gasteiger partial charge in [0.05, 0.1) is 31.4 Å². The molecule has 33 heteroatoms. The lowest BCUT2D eigenvalue weighted by Gasteiger charge is -2.37. The van der Waals surface area contributed by atoms with E-state index in [0.717, 1.165) is 15.4 Å². The van der Waals surface area contributed by atoms with E-state index >= 15 is 0 Å². The van der Waals surface area contributed by atoms with E-state index in [1.165, 1.54) is 83.1 Å². The molecule has 0 aromatic heterocycles. The number of nitrogens with two attached hydrogens (primary N) is 1. The summed E-state index contributed by atoms with van der Waals surface area (Å²) in [5.74, 6) is -13.2. The van der Waals surface area contributed by atoms with Gasteiger partial charge in [-0.05, 0) is 125 Å². The summed E-state index contributed by atoms with van der Waals surface area (Å²) >= 11 is 0. The predicted molar refractivity (Wildman–Crippen MR) is 373 cm³/mol. The Bertz CT molecular complexity index is 3250. The summed E-state index contributed by atoms with van der Waals surface area (Å²) < 4.78 is 0. The fourth-order valence-electron chi connectivity index (χ4n) is 11.3. The lowest BCUT2D eigenvalue weighted by molar-refractivity contribution is -0.147. The molecule has 0 bridgehead atoms. The van der Waals surface area contributed by atoms with Gasteiger partial charge in [0, 0.05) is 39.3 Å². The minimum Gasteiger partial charge on any atom is -0.394 e. The molecule has 0 spiro atoms. The second kappa shape index (κ2) is 36.3. The summed E-state index contributed by atoms with van der Waals surface area (Å²) in [4.78, 5) is 207. The van der Waals surface area contributed by atoms with Gasteiger partial charge in [0.25, 0.3) is 0 Å². The molecule has 17 N–H and O–H groups in total. The maximum absolute atomic E-state index is 14.6. The summed E-state index contributed by atoms with van der Waals surface area (Å²) in [5.41, 5.74) is -4.06. The van der Waals surface area contributed by atoms with Crippen LogP contribution < -0.4 is 69.5 Å². The van der Waals surface area contributed by atoms with Gasteiger partial charge in [-0.15, -0.1) is 0 Å². The van der Waals surface area contributed by atoms with Crippen LogP contribution in [0.2, 0.25) is 0 Å². The molecule has 2 heterocycles. The molecule has 1 aromatic rings. The largest absolute Gasteiger partial charge is 0.394 e. The molecule has 102 heavy (non-hydrogen) atoms. The Morgan fingerprint density at radius 1 is 0.529 bits per heavy atom. The van der Waals surface area contributed by atoms with Crippen LogP contribution in [0.5, 0.6) is 0 Å². The number of amides is 15. The van der Waals surface area contributed by atoms with E-state index < -0.39 is 215 Å². The monoisotopic (exact) mass is 1440 g/mol. The number of hydrogen-bond acceptors (Lipinski definition) is 18. The Hall–Kier alpha value is -8.85. The number of benzene rings is 1. The van der Waals surface area contributed by atoms with Crippen molar-refractivity contribution < 1.29 is 87.2 Å². The summed E-state index contributed by atoms with van der Waals surface area (Å²) in [5, 5.41) is 63.0. The quantitative estimate of drug-likeness (QED) is 0.0320. The Kier molecular flexibility index (Phi) is 31.1. The van der Waals surface area contributed by atoms with Gasteiger partial charge < -0.3 is 94.7 Å². The highest BCUT2D eigenvalue weighted by Gasteiger charge is 2.50. The molecule has 10 atom stereocenters. The lowest BCUT2D eigenvalue weighted by Crippen LogP contribution is -2.66. The Balaban J connectivity index is 1.72. The molecule has 2 aliphatic rings. The minimum atomic E-state index is -1.89. The van der Waals surface area contributed by atoms with E-state index in [2.05, 4.69) is 63.8 Å². The normalized spacial score (nSPS) is 18.6. The Morgan fingerprint density at radius 3 is 1.48 bits per heavy atom. The van der Waals surface area contributed by atoms with Gasteiger partial charge in [-0.25, -0.2) is 0 Å². The van der Waals surface area contributed by atoms with Crippen LogP contribution in [0.4, 0.5) is 0 Å². The third-order valence-corrected chi connectivity index (χ3v) is 17.7. The Labute approximate surface area is 597 Å². The molecule has 33 nitrogen and oxygen atoms in total. The SMILES string of the molecule is CC[C@](C)(NC(=O)[C@H](CCC(N)=O)NC(=O)[C@@H]1C[C@@H](O)CN1C(=O)C(C)(C)NC(=O)C(C)(C)NC(=O)[C@H](CC(C)C)NC(=O)CNC(=O)[C@@H](NC(=O)C(C)(C)NC(=O)C(C)(C)NC(=O)[C@H](NC(C)=O)C(C)C)C(C)C)C(=O)N1C[C@H](O)C[C@H]1C(=O)NC(C)(C)C(=O)N[C@H](CO)Cc1ccccc1. The fraction of sp³-hybridized carbons (Fsp3) is 0.696. The van der Waals surface area contributed by atoms with E-state index in [0.29, 0.717) is 0 Å². The van der Waals surface area contributed by atoms with Crippen molar-refractivity contribution in [3.63, 3.8) is 0 Å². The first-order chi connectivity index (χ1) is 46.8. The number of hydrogen-bond donors (Lipinski definition) is 16. The highest BCUT2D eigenvalue weighted by atomic mass is 16.3. The molecule has 0 saturated carbocycles. The smallest absolute Gasteiger partial charge is 0.248 e. The lowest BCUT2D eigenvalue weighted by atomic mass is 9.94. The topological polar surface area (TPSA) is 494 Å². The summed E-state index contributed by atoms with van der Waals surface area (Å²) in [6.45, 7) is 26.1. The number of β-amino-alcohol motifs (C(OH)–C–C–N with tert-alkyl or cyclic N) is 2. The van der Waals surface area contributed by atoms with Gasteiger partial charge in [0.2, 0.25) is 88.6 Å². The zero-order chi connectivity index (χ0) is 78.1. The van der Waals surface area contributed by atoms with Crippen LogP contribution >= 0.6 is 0 Å². The number of nitrogens with zero attached hydrogens (tertiary/aromatic N) is 2. The van der Waals surface area contributed by atoms with Gasteiger partial charge in [-0.2, -0.15) is 0 Å². The highest BCUT2D eigenvalue weighted by Crippen LogP contribution is 2.27. The molecule has 3 rings (SSSR count). The van der Waals surface area contributed by atoms with Crippen LogP contribution in [0.15, 0.2) is 30.3 Å². The van der Waals surface area contributed by atoms with Crippen LogP contribution in [0, 0.1) is 17.8 Å². The summed E-state index contributed by atoms with van der Waals surface area (Å²) in [7, 11) is 0. The molecule has 0 radical (unpaired) electrons. The molecule has 15 amide bonds. The van der Waals surface area contributed by atoms with Crippen LogP contribution in [-0.2, 0) is 78.3 Å². The van der Waals surface area contributed by atoms with Crippen molar-refractivity contribution in [3.05, 3.63) is 35.9 Å². The Morgan fingerprint density at radius 2 is 0.990 bits per heavy atom. The number of aliphatic hydroxyl groups excluding tert-OH is 3. The highest BCUT2D eigenvalue weighted by molar-refractivity contribution is 6.03. The third kappa shape index (κ3) is 25.0. The van der Waals surface area contributed by atoms with Crippen molar-refractivity contribution in [2.75, 3.05) is 26.2 Å². The predicted octanol–water partition coefficient (Wildman–Crippen LogP) is -2.91. The van der Waals surface area contributed by atoms with Crippen molar-refractivity contribution in [3.8, 4) is 0 Å². The van der Waals surface area contributed by atoms with Crippen molar-refractivity contribution >= 4 is 88.6 Å². The average Bonchev–Trinajstić information content (AvgIpc) is 1.57. The van der Waals surface area contributed by atoms with Crippen LogP contribution in [0.1, 0.15) is 176 Å². The van der Waals surface area contributed by atoms with E-state index in [9.17, 15) is 87.2 Å². The van der Waals surface area contributed by atoms with Crippen molar-refractivity contribution in [1.82, 2.24) is 73.6 Å². The van der Waals surface area contributed by atoms with Crippen molar-refractivity contribution in [2.45, 2.75) is 264 Å². The van der Waals surface area contributed by atoms with E-state index in [1.807, 2.05) is 30.3 Å². The number of nitrogens with one attached hydrogen (secondary N) is 12. The minimum absolute atomic E-state index is 0.0338. The first-order valence-corrected chi connectivity index (χ1v) is 34.5. The molecule has 2 aliphatic heterocycles. The molecule has 2 fully saturated rings. The molecule has 572 valence electrons. The second-order valence-corrected chi connectivity index (χ2v) is 30.6. The number of likely N-dealkylation sites (tertiary alicyclic amines) is 2. The zero-order valence-corrected chi connectivity index (χ0v) is 62.5. The first-order valence-electron chi connectivity index (χ1n) is 34.5. The zero-order valence-electron chi connectivity index (χ0n) is 62.5. The van der Waals surface area contributed by atoms with E-state index in [4.69, 9.17) is 5.73 Å². The molecule has 0 aliphatic carbocycles. The molecule has 2 saturated heterocycles. The number of carbonyl (C=O) groups excluding carboxylic acids is 15. The number of primary amides is 1. The van der Waals surface area contributed by atoms with Gasteiger partial charge >= 0.3 is 0 Å². The van der Waals surface area contributed by atoms with Gasteiger partial charge in [-0.3, -0.25) is 71.9 Å². The number of rotatable bonds is 36. The maximum atomic E-state index is 14.6. The van der Waals surface area contributed by atoms with E-state index in [1.54, 1.807) is 48.5 Å². The van der Waals surface area contributed by atoms with Gasteiger partial charge in [0.15, 0.2) is 0 Å². The van der Waals surface area contributed by atoms with E-state index in [-0.39, 0.29) is 50.5 Å². The molecular weight excluding hydrogens is 1330 g/mol. The van der Waals surface area contributed by atoms with Crippen molar-refractivity contribution in [2.24, 2.45) is 23.5 Å². The van der Waals surface area contributed by atoms with Crippen LogP contribution in [0.25, 0.3) is 0 Å². The summed E-state index contributed by atoms with van der Waals surface area (Å²) in [6.07, 6.45) is -3.78. The standard InChI is InChI=1S/C69H113N15O18/c1-20-69(19,63(102)84-34-43(88)31-47(84)55(94)78-64(9,10)58(97)73-41(35-85)29-40-24-22-21-23-25-40)80-52(91)44(26-27-48(70)89)75-54(93)46-30-42(87)33-83(46)62(101)68(17,18)82-61(100)66(13,14)77-53(92)45(28-36(2)3)74-49(90)32-71-56(95)50(37(4)5)76-59(98)65(11,12)81-60(99)67(15,16)79-57(96)51(38(6)7)72-39(8)86/h21-25,36-38,41-47,50-51,85,87-88H,20,26-35H2,1-19H3,(H2,70,89)(H,71,95)(H,72,86)(H,73,97)(H,74,90)(H,75,93)(H,76,98)(H,77,92)(H,78,94)(H,79,96)(H,80,91)(H,81,99)(H,82,100)/t41-,42+,43+,44-,45-,46-,47-,50-,51+,69-/m0/s1.